The fourth-order valence-corrected chi connectivity index (χ4v) is 2.95. The maximum atomic E-state index is 12.2. The molecule has 1 saturated carbocycles. The molecule has 1 aromatic carbocycles. The van der Waals surface area contributed by atoms with Crippen LogP contribution in [0.25, 0.3) is 0 Å². The van der Waals surface area contributed by atoms with Crippen molar-refractivity contribution in [3.63, 3.8) is 0 Å². The van der Waals surface area contributed by atoms with Gasteiger partial charge in [0.05, 0.1) is 0 Å². The second-order valence-electron chi connectivity index (χ2n) is 4.98. The number of benzene rings is 1. The van der Waals surface area contributed by atoms with Gasteiger partial charge in [-0.1, -0.05) is 19.1 Å². The van der Waals surface area contributed by atoms with Crippen LogP contribution in [0, 0.1) is 0 Å². The van der Waals surface area contributed by atoms with Crippen molar-refractivity contribution in [2.75, 3.05) is 0 Å². The van der Waals surface area contributed by atoms with Crippen LogP contribution in [-0.2, 0) is 5.41 Å². The Labute approximate surface area is 109 Å². The maximum Gasteiger partial charge on any atom is 0.573 e. The van der Waals surface area contributed by atoms with Gasteiger partial charge in [-0.2, -0.15) is 0 Å². The quantitative estimate of drug-likeness (QED) is 0.717. The minimum Gasteiger partial charge on any atom is -0.406 e. The summed E-state index contributed by atoms with van der Waals surface area (Å²) in [6.07, 6.45) is -2.09. The van der Waals surface area contributed by atoms with Gasteiger partial charge in [0.2, 0.25) is 0 Å². The van der Waals surface area contributed by atoms with Crippen molar-refractivity contribution in [1.29, 1.82) is 0 Å². The average molecular weight is 279 g/mol. The lowest BCUT2D eigenvalue weighted by Crippen LogP contribution is -2.20. The summed E-state index contributed by atoms with van der Waals surface area (Å²) in [4.78, 5) is 0. The molecule has 5 heteroatoms. The largest absolute Gasteiger partial charge is 0.573 e. The summed E-state index contributed by atoms with van der Waals surface area (Å²) in [7, 11) is 0. The summed E-state index contributed by atoms with van der Waals surface area (Å²) < 4.78 is 40.4. The van der Waals surface area contributed by atoms with E-state index in [1.54, 1.807) is 6.07 Å². The van der Waals surface area contributed by atoms with Crippen LogP contribution in [0.4, 0.5) is 13.2 Å². The first-order valence-electron chi connectivity index (χ1n) is 5.79. The number of alkyl halides is 4. The fraction of sp³-hybridized carbons (Fsp3) is 0.538. The summed E-state index contributed by atoms with van der Waals surface area (Å²) >= 11 is 6.08. The lowest BCUT2D eigenvalue weighted by atomic mass is 9.81. The fourth-order valence-electron chi connectivity index (χ4n) is 2.50. The lowest BCUT2D eigenvalue weighted by Gasteiger charge is -2.25. The topological polar surface area (TPSA) is 9.23 Å². The van der Waals surface area contributed by atoms with E-state index in [0.29, 0.717) is 0 Å². The second-order valence-corrected chi connectivity index (χ2v) is 5.59. The van der Waals surface area contributed by atoms with Crippen LogP contribution in [0.2, 0.25) is 0 Å². The van der Waals surface area contributed by atoms with Gasteiger partial charge >= 0.3 is 6.36 Å². The van der Waals surface area contributed by atoms with Crippen LogP contribution >= 0.6 is 11.6 Å². The maximum absolute atomic E-state index is 12.2. The third-order valence-electron chi connectivity index (χ3n) is 3.45. The SMILES string of the molecule is CC1(c2cccc(OC(F)(F)F)c2)CCC(Cl)C1. The van der Waals surface area contributed by atoms with Crippen LogP contribution in [0.1, 0.15) is 31.7 Å². The Hall–Kier alpha value is -0.900. The molecule has 0 bridgehead atoms. The Kier molecular flexibility index (Phi) is 3.49. The molecule has 0 aliphatic heterocycles. The summed E-state index contributed by atoms with van der Waals surface area (Å²) in [6, 6.07) is 6.19. The van der Waals surface area contributed by atoms with E-state index < -0.39 is 6.36 Å². The predicted octanol–water partition coefficient (Wildman–Crippen LogP) is 4.63. The molecule has 2 atom stereocenters. The molecule has 0 aromatic heterocycles. The van der Waals surface area contributed by atoms with Crippen molar-refractivity contribution in [3.8, 4) is 5.75 Å². The van der Waals surface area contributed by atoms with Crippen molar-refractivity contribution < 1.29 is 17.9 Å². The van der Waals surface area contributed by atoms with Gasteiger partial charge < -0.3 is 4.74 Å². The van der Waals surface area contributed by atoms with Gasteiger partial charge in [0.15, 0.2) is 0 Å². The van der Waals surface area contributed by atoms with Crippen molar-refractivity contribution in [2.45, 2.75) is 43.3 Å². The molecule has 0 spiro atoms. The number of rotatable bonds is 2. The van der Waals surface area contributed by atoms with Crippen molar-refractivity contribution >= 4 is 11.6 Å². The number of ether oxygens (including phenoxy) is 1. The molecule has 0 heterocycles. The van der Waals surface area contributed by atoms with Crippen molar-refractivity contribution in [2.24, 2.45) is 0 Å². The van der Waals surface area contributed by atoms with Crippen LogP contribution in [0.15, 0.2) is 24.3 Å². The predicted molar refractivity (Wildman–Crippen MR) is 64.0 cm³/mol. The van der Waals surface area contributed by atoms with Crippen LogP contribution < -0.4 is 4.74 Å². The zero-order valence-corrected chi connectivity index (χ0v) is 10.7. The van der Waals surface area contributed by atoms with Gasteiger partial charge in [-0.3, -0.25) is 0 Å². The second kappa shape index (κ2) is 4.65. The summed E-state index contributed by atoms with van der Waals surface area (Å²) in [6.45, 7) is 2.03. The molecule has 100 valence electrons. The van der Waals surface area contributed by atoms with Gasteiger partial charge in [0, 0.05) is 5.38 Å². The number of halogens is 4. The van der Waals surface area contributed by atoms with E-state index >= 15 is 0 Å². The average Bonchev–Trinajstić information content (AvgIpc) is 2.58. The van der Waals surface area contributed by atoms with Crippen LogP contribution in [-0.4, -0.2) is 11.7 Å². The molecule has 0 saturated heterocycles. The molecular formula is C13H14ClF3O. The summed E-state index contributed by atoms with van der Waals surface area (Å²) in [5, 5.41) is 0.0993. The molecule has 1 aliphatic rings. The van der Waals surface area contributed by atoms with Gasteiger partial charge in [0.1, 0.15) is 5.75 Å². The first-order chi connectivity index (χ1) is 8.28. The zero-order chi connectivity index (χ0) is 13.4. The molecule has 0 amide bonds. The Morgan fingerprint density at radius 1 is 1.39 bits per heavy atom. The first kappa shape index (κ1) is 13.5. The normalized spacial score (nSPS) is 28.4. The van der Waals surface area contributed by atoms with Gasteiger partial charge in [-0.25, -0.2) is 0 Å². The third-order valence-corrected chi connectivity index (χ3v) is 3.82. The molecular weight excluding hydrogens is 265 g/mol. The number of hydrogen-bond acceptors (Lipinski definition) is 1. The van der Waals surface area contributed by atoms with E-state index in [1.807, 2.05) is 13.0 Å². The highest BCUT2D eigenvalue weighted by atomic mass is 35.5. The molecule has 1 aliphatic carbocycles. The van der Waals surface area contributed by atoms with E-state index in [0.717, 1.165) is 24.8 Å². The highest BCUT2D eigenvalue weighted by Gasteiger charge is 2.36. The highest BCUT2D eigenvalue weighted by Crippen LogP contribution is 2.43. The number of hydrogen-bond donors (Lipinski definition) is 0. The van der Waals surface area contributed by atoms with Crippen molar-refractivity contribution in [1.82, 2.24) is 0 Å². The molecule has 1 aromatic rings. The van der Waals surface area contributed by atoms with Crippen LogP contribution in [0.3, 0.4) is 0 Å². The van der Waals surface area contributed by atoms with Gasteiger partial charge in [-0.15, -0.1) is 24.8 Å². The molecule has 1 fully saturated rings. The van der Waals surface area contributed by atoms with Crippen LogP contribution in [0.5, 0.6) is 5.75 Å². The van der Waals surface area contributed by atoms with E-state index in [9.17, 15) is 13.2 Å². The smallest absolute Gasteiger partial charge is 0.406 e. The highest BCUT2D eigenvalue weighted by molar-refractivity contribution is 6.20. The Morgan fingerprint density at radius 2 is 2.11 bits per heavy atom. The minimum absolute atomic E-state index is 0.0993. The summed E-state index contributed by atoms with van der Waals surface area (Å²) in [5.41, 5.74) is 0.699. The van der Waals surface area contributed by atoms with E-state index in [4.69, 9.17) is 11.6 Å². The van der Waals surface area contributed by atoms with E-state index in [1.165, 1.54) is 12.1 Å². The van der Waals surface area contributed by atoms with Crippen molar-refractivity contribution in [3.05, 3.63) is 29.8 Å². The van der Waals surface area contributed by atoms with E-state index in [2.05, 4.69) is 4.74 Å². The summed E-state index contributed by atoms with van der Waals surface area (Å²) in [5.74, 6) is -0.167. The minimum atomic E-state index is -4.65. The first-order valence-corrected chi connectivity index (χ1v) is 6.22. The zero-order valence-electron chi connectivity index (χ0n) is 9.93. The molecule has 0 N–H and O–H groups in total. The van der Waals surface area contributed by atoms with Gasteiger partial charge in [-0.05, 0) is 42.4 Å². The molecule has 1 nitrogen and oxygen atoms in total. The van der Waals surface area contributed by atoms with Gasteiger partial charge in [0.25, 0.3) is 0 Å². The lowest BCUT2D eigenvalue weighted by molar-refractivity contribution is -0.274. The third kappa shape index (κ3) is 3.10. The Balaban J connectivity index is 2.22. The Bertz CT molecular complexity index is 432. The standard InChI is InChI=1S/C13H14ClF3O/c1-12(6-5-10(14)8-12)9-3-2-4-11(7-9)18-13(15,16)17/h2-4,7,10H,5-6,8H2,1H3. The molecule has 18 heavy (non-hydrogen) atoms. The molecule has 0 radical (unpaired) electrons. The Morgan fingerprint density at radius 3 is 2.67 bits per heavy atom. The monoisotopic (exact) mass is 278 g/mol. The van der Waals surface area contributed by atoms with E-state index in [-0.39, 0.29) is 16.5 Å². The molecule has 2 unspecified atom stereocenters. The molecule has 2 rings (SSSR count).